The standard InChI is InChI=1S/C20H23NO2/c1-2-11-23-14-16(22)13-21-20-12-15-7-3-4-8-17(15)18-9-5-6-10-19(18)20/h3-10,12,16,21-22H,2,11,13-14H2,1H3. The summed E-state index contributed by atoms with van der Waals surface area (Å²) in [5.74, 6) is 0. The lowest BCUT2D eigenvalue weighted by Crippen LogP contribution is -2.25. The van der Waals surface area contributed by atoms with Crippen LogP contribution in [0, 0.1) is 0 Å². The summed E-state index contributed by atoms with van der Waals surface area (Å²) < 4.78 is 5.40. The van der Waals surface area contributed by atoms with E-state index in [1.807, 2.05) is 12.1 Å². The first kappa shape index (κ1) is 15.8. The third-order valence-corrected chi connectivity index (χ3v) is 3.95. The van der Waals surface area contributed by atoms with Gasteiger partial charge in [-0.15, -0.1) is 0 Å². The number of hydrogen-bond donors (Lipinski definition) is 2. The maximum Gasteiger partial charge on any atom is 0.0945 e. The number of fused-ring (bicyclic) bond motifs is 3. The zero-order valence-electron chi connectivity index (χ0n) is 13.5. The highest BCUT2D eigenvalue weighted by Gasteiger charge is 2.08. The van der Waals surface area contributed by atoms with Gasteiger partial charge in [0.15, 0.2) is 0 Å². The molecule has 3 nitrogen and oxygen atoms in total. The minimum absolute atomic E-state index is 0.367. The summed E-state index contributed by atoms with van der Waals surface area (Å²) in [5.41, 5.74) is 1.05. The third-order valence-electron chi connectivity index (χ3n) is 3.95. The number of rotatable bonds is 7. The van der Waals surface area contributed by atoms with Crippen LogP contribution in [0.3, 0.4) is 0 Å². The van der Waals surface area contributed by atoms with E-state index in [1.54, 1.807) is 0 Å². The van der Waals surface area contributed by atoms with Crippen molar-refractivity contribution in [3.05, 3.63) is 54.6 Å². The lowest BCUT2D eigenvalue weighted by molar-refractivity contribution is 0.0437. The Morgan fingerprint density at radius 1 is 1.00 bits per heavy atom. The van der Waals surface area contributed by atoms with Crippen LogP contribution in [0.5, 0.6) is 0 Å². The average molecular weight is 309 g/mol. The van der Waals surface area contributed by atoms with E-state index in [4.69, 9.17) is 4.74 Å². The summed E-state index contributed by atoms with van der Waals surface area (Å²) >= 11 is 0. The third kappa shape index (κ3) is 3.63. The Morgan fingerprint density at radius 2 is 1.70 bits per heavy atom. The highest BCUT2D eigenvalue weighted by atomic mass is 16.5. The first-order valence-corrected chi connectivity index (χ1v) is 8.19. The second kappa shape index (κ2) is 7.44. The van der Waals surface area contributed by atoms with E-state index in [0.29, 0.717) is 19.8 Å². The van der Waals surface area contributed by atoms with E-state index >= 15 is 0 Å². The van der Waals surface area contributed by atoms with Gasteiger partial charge in [-0.1, -0.05) is 55.5 Å². The number of aliphatic hydroxyl groups is 1. The lowest BCUT2D eigenvalue weighted by atomic mass is 10.0. The molecule has 3 aromatic carbocycles. The largest absolute Gasteiger partial charge is 0.389 e. The molecule has 0 radical (unpaired) electrons. The molecule has 3 heteroatoms. The van der Waals surface area contributed by atoms with Gasteiger partial charge in [0.1, 0.15) is 0 Å². The van der Waals surface area contributed by atoms with Crippen molar-refractivity contribution < 1.29 is 9.84 Å². The quantitative estimate of drug-likeness (QED) is 0.508. The second-order valence-corrected chi connectivity index (χ2v) is 5.80. The van der Waals surface area contributed by atoms with E-state index in [9.17, 15) is 5.11 Å². The van der Waals surface area contributed by atoms with Crippen molar-refractivity contribution in [2.45, 2.75) is 19.4 Å². The van der Waals surface area contributed by atoms with Gasteiger partial charge in [0.2, 0.25) is 0 Å². The first-order chi connectivity index (χ1) is 11.3. The van der Waals surface area contributed by atoms with Crippen molar-refractivity contribution in [2.75, 3.05) is 25.1 Å². The molecule has 23 heavy (non-hydrogen) atoms. The van der Waals surface area contributed by atoms with Crippen LogP contribution in [0.2, 0.25) is 0 Å². The van der Waals surface area contributed by atoms with Crippen LogP contribution >= 0.6 is 0 Å². The first-order valence-electron chi connectivity index (χ1n) is 8.19. The molecule has 0 aromatic heterocycles. The molecule has 1 unspecified atom stereocenters. The van der Waals surface area contributed by atoms with Crippen molar-refractivity contribution in [1.82, 2.24) is 0 Å². The fraction of sp³-hybridized carbons (Fsp3) is 0.300. The van der Waals surface area contributed by atoms with Crippen LogP contribution in [0.25, 0.3) is 21.5 Å². The van der Waals surface area contributed by atoms with Crippen molar-refractivity contribution in [2.24, 2.45) is 0 Å². The molecule has 0 saturated heterocycles. The Hall–Kier alpha value is -2.10. The summed E-state index contributed by atoms with van der Waals surface area (Å²) in [6.07, 6.45) is 0.460. The molecule has 0 amide bonds. The number of aliphatic hydroxyl groups excluding tert-OH is 1. The average Bonchev–Trinajstić information content (AvgIpc) is 2.60. The molecule has 1 atom stereocenters. The smallest absolute Gasteiger partial charge is 0.0945 e. The summed E-state index contributed by atoms with van der Waals surface area (Å²) in [7, 11) is 0. The molecule has 0 spiro atoms. The Bertz CT molecular complexity index is 785. The van der Waals surface area contributed by atoms with Crippen molar-refractivity contribution >= 4 is 27.2 Å². The molecular weight excluding hydrogens is 286 g/mol. The molecule has 2 N–H and O–H groups in total. The van der Waals surface area contributed by atoms with Crippen LogP contribution < -0.4 is 5.32 Å². The second-order valence-electron chi connectivity index (χ2n) is 5.80. The zero-order valence-corrected chi connectivity index (χ0v) is 13.5. The molecule has 3 rings (SSSR count). The van der Waals surface area contributed by atoms with E-state index < -0.39 is 6.10 Å². The Balaban J connectivity index is 1.84. The molecule has 120 valence electrons. The minimum atomic E-state index is -0.508. The van der Waals surface area contributed by atoms with E-state index in [1.165, 1.54) is 21.5 Å². The van der Waals surface area contributed by atoms with E-state index in [-0.39, 0.29) is 0 Å². The molecule has 0 aliphatic carbocycles. The predicted molar refractivity (Wildman–Crippen MR) is 97.1 cm³/mol. The van der Waals surface area contributed by atoms with Crippen molar-refractivity contribution in [3.8, 4) is 0 Å². The molecule has 0 aliphatic rings. The van der Waals surface area contributed by atoms with Gasteiger partial charge < -0.3 is 15.2 Å². The lowest BCUT2D eigenvalue weighted by Gasteiger charge is -2.16. The Morgan fingerprint density at radius 3 is 2.48 bits per heavy atom. The fourth-order valence-corrected chi connectivity index (χ4v) is 2.85. The predicted octanol–water partition coefficient (Wildman–Crippen LogP) is 4.19. The Kier molecular flexibility index (Phi) is 5.11. The van der Waals surface area contributed by atoms with E-state index in [0.717, 1.165) is 12.1 Å². The number of anilines is 1. The van der Waals surface area contributed by atoms with Crippen LogP contribution in [0.1, 0.15) is 13.3 Å². The monoisotopic (exact) mass is 309 g/mol. The van der Waals surface area contributed by atoms with Crippen LogP contribution in [-0.4, -0.2) is 31.0 Å². The van der Waals surface area contributed by atoms with Gasteiger partial charge in [0.05, 0.1) is 12.7 Å². The van der Waals surface area contributed by atoms with Crippen molar-refractivity contribution in [1.29, 1.82) is 0 Å². The molecule has 0 aliphatic heterocycles. The molecule has 0 fully saturated rings. The minimum Gasteiger partial charge on any atom is -0.389 e. The van der Waals surface area contributed by atoms with Crippen LogP contribution in [0.4, 0.5) is 5.69 Å². The highest BCUT2D eigenvalue weighted by Crippen LogP contribution is 2.31. The van der Waals surface area contributed by atoms with Crippen LogP contribution in [-0.2, 0) is 4.74 Å². The number of benzene rings is 3. The van der Waals surface area contributed by atoms with Crippen LogP contribution in [0.15, 0.2) is 54.6 Å². The van der Waals surface area contributed by atoms with Gasteiger partial charge in [-0.2, -0.15) is 0 Å². The topological polar surface area (TPSA) is 41.5 Å². The molecular formula is C20H23NO2. The molecule has 3 aromatic rings. The van der Waals surface area contributed by atoms with Gasteiger partial charge in [0.25, 0.3) is 0 Å². The Labute approximate surface area is 136 Å². The number of ether oxygens (including phenoxy) is 1. The SMILES string of the molecule is CCCOCC(O)CNc1cc2ccccc2c2ccccc12. The number of hydrogen-bond acceptors (Lipinski definition) is 3. The van der Waals surface area contributed by atoms with Gasteiger partial charge in [-0.25, -0.2) is 0 Å². The summed E-state index contributed by atoms with van der Waals surface area (Å²) in [5, 5.41) is 18.3. The molecule has 0 heterocycles. The van der Waals surface area contributed by atoms with E-state index in [2.05, 4.69) is 54.7 Å². The number of nitrogens with one attached hydrogen (secondary N) is 1. The summed E-state index contributed by atoms with van der Waals surface area (Å²) in [4.78, 5) is 0. The van der Waals surface area contributed by atoms with Gasteiger partial charge in [-0.05, 0) is 28.6 Å². The van der Waals surface area contributed by atoms with Gasteiger partial charge >= 0.3 is 0 Å². The zero-order chi connectivity index (χ0) is 16.1. The fourth-order valence-electron chi connectivity index (χ4n) is 2.85. The van der Waals surface area contributed by atoms with Crippen molar-refractivity contribution in [3.63, 3.8) is 0 Å². The summed E-state index contributed by atoms with van der Waals surface area (Å²) in [6, 6.07) is 18.9. The van der Waals surface area contributed by atoms with Gasteiger partial charge in [-0.3, -0.25) is 0 Å². The maximum atomic E-state index is 10.0. The highest BCUT2D eigenvalue weighted by molar-refractivity contribution is 6.12. The normalized spacial score (nSPS) is 12.6. The molecule has 0 saturated carbocycles. The maximum absolute atomic E-state index is 10.0. The van der Waals surface area contributed by atoms with Gasteiger partial charge in [0, 0.05) is 24.2 Å². The summed E-state index contributed by atoms with van der Waals surface area (Å²) in [6.45, 7) is 3.60. The molecule has 0 bridgehead atoms.